The molecule has 0 unspecified atom stereocenters. The largest absolute Gasteiger partial charge is 0.292 e. The molecule has 0 radical (unpaired) electrons. The van der Waals surface area contributed by atoms with Gasteiger partial charge in [-0.2, -0.15) is 4.57 Å². The maximum atomic E-state index is 15.4. The number of benzene rings is 5. The van der Waals surface area contributed by atoms with Crippen molar-refractivity contribution in [3.8, 4) is 0 Å². The summed E-state index contributed by atoms with van der Waals surface area (Å²) in [5, 5.41) is 3.24. The molecule has 6 rings (SSSR count). The van der Waals surface area contributed by atoms with E-state index in [0.29, 0.717) is 12.2 Å². The highest BCUT2D eigenvalue weighted by atomic mass is 19.2. The lowest BCUT2D eigenvalue weighted by Crippen LogP contribution is -2.81. The maximum Gasteiger partial charge on any atom is 0.200 e. The monoisotopic (exact) mass is 933 g/mol. The van der Waals surface area contributed by atoms with Crippen LogP contribution in [0, 0.1) is 116 Å². The lowest BCUT2D eigenvalue weighted by atomic mass is 9.12. The van der Waals surface area contributed by atoms with Crippen LogP contribution in [0.1, 0.15) is 16.1 Å². The molecule has 0 fully saturated rings. The second kappa shape index (κ2) is 18.3. The Morgan fingerprint density at radius 2 is 0.797 bits per heavy atom. The van der Waals surface area contributed by atoms with Crippen molar-refractivity contribution in [2.24, 2.45) is 5.11 Å². The van der Waals surface area contributed by atoms with Crippen molar-refractivity contribution >= 4 is 33.8 Å². The van der Waals surface area contributed by atoms with Gasteiger partial charge in [-0.1, -0.05) is 35.4 Å². The molecule has 0 saturated carbocycles. The normalized spacial score (nSPS) is 11.3. The Morgan fingerprint density at radius 3 is 1.09 bits per heavy atom. The van der Waals surface area contributed by atoms with Crippen molar-refractivity contribution in [1.29, 1.82) is 0 Å². The fourth-order valence-electron chi connectivity index (χ4n) is 6.52. The molecular formula is C37H12BF20N5O. The topological polar surface area (TPSA) is 82.6 Å². The molecule has 64 heavy (non-hydrogen) atoms. The van der Waals surface area contributed by atoms with Crippen LogP contribution in [-0.2, 0) is 6.54 Å². The van der Waals surface area contributed by atoms with E-state index >= 15 is 35.1 Å². The first-order valence-electron chi connectivity index (χ1n) is 16.7. The molecule has 0 aliphatic heterocycles. The van der Waals surface area contributed by atoms with Crippen molar-refractivity contribution in [1.82, 2.24) is 4.98 Å². The molecule has 0 aliphatic rings. The Balaban J connectivity index is 0.000000337. The Morgan fingerprint density at radius 1 is 0.500 bits per heavy atom. The number of carbonyl (C=O) groups excluding carboxylic acids is 1. The van der Waals surface area contributed by atoms with Crippen LogP contribution in [0.25, 0.3) is 10.4 Å². The standard InChI is InChI=1S/C24BF20.C13H12N5O/c26-5-1(6(27)14(35)21(42)13(5)34)25(2-7(28)15(36)22(43)16(37)8(2)29,3-9(30)17(38)23(44)18(39)10(3)31)4-11(32)19(40)24(45)20(41)12(4)33;14-17-16-8-13(19)12-10-18(7-6-15-12)9-11-4-2-1-3-5-11/h;1-7,10H,8-9H2/q-1;+1. The molecule has 0 amide bonds. The van der Waals surface area contributed by atoms with Crippen LogP contribution in [0.5, 0.6) is 0 Å². The van der Waals surface area contributed by atoms with E-state index in [1.165, 1.54) is 0 Å². The molecular weight excluding hydrogens is 921 g/mol. The zero-order valence-corrected chi connectivity index (χ0v) is 30.3. The number of halogens is 20. The van der Waals surface area contributed by atoms with E-state index in [4.69, 9.17) is 5.53 Å². The van der Waals surface area contributed by atoms with Gasteiger partial charge in [0.05, 0.1) is 12.7 Å². The van der Waals surface area contributed by atoms with Gasteiger partial charge >= 0.3 is 0 Å². The third-order valence-electron chi connectivity index (χ3n) is 9.24. The molecule has 1 aromatic heterocycles. The number of hydrogen-bond donors (Lipinski definition) is 0. The van der Waals surface area contributed by atoms with Crippen LogP contribution >= 0.6 is 0 Å². The molecule has 27 heteroatoms. The van der Waals surface area contributed by atoms with Gasteiger partial charge < -0.3 is 0 Å². The van der Waals surface area contributed by atoms with Crippen LogP contribution in [-0.4, -0.2) is 23.5 Å². The molecule has 6 nitrogen and oxygen atoms in total. The molecule has 0 spiro atoms. The summed E-state index contributed by atoms with van der Waals surface area (Å²) in [6, 6.07) is 9.90. The SMILES string of the molecule is Fc1c(F)c(F)c([B-](c2c(F)c(F)c(F)c(F)c2F)(c2c(F)c(F)c(F)c(F)c2F)c2c(F)c(F)c(F)c(F)c2F)c(F)c1F.[N-]=[N+]=NCC(=O)c1c[n+](Cc2ccccc2)ccn1. The second-order valence-electron chi connectivity index (χ2n) is 12.7. The quantitative estimate of drug-likeness (QED) is 0.0171. The number of Topliss-reactive ketones (excluding diaryl/α,β-unsaturated/α-hetero) is 1. The van der Waals surface area contributed by atoms with E-state index in [-0.39, 0.29) is 12.3 Å². The Bertz CT molecular complexity index is 2550. The van der Waals surface area contributed by atoms with Crippen molar-refractivity contribution < 1.29 is 97.2 Å². The van der Waals surface area contributed by atoms with Crippen LogP contribution in [0.15, 0.2) is 54.0 Å². The minimum atomic E-state index is -7.22. The average molecular weight is 933 g/mol. The highest BCUT2D eigenvalue weighted by Crippen LogP contribution is 2.30. The summed E-state index contributed by atoms with van der Waals surface area (Å²) in [5.41, 5.74) is -4.71. The van der Waals surface area contributed by atoms with Gasteiger partial charge in [-0.15, -0.1) is 21.9 Å². The van der Waals surface area contributed by atoms with Crippen LogP contribution in [0.3, 0.4) is 0 Å². The molecule has 0 aliphatic carbocycles. The molecule has 0 atom stereocenters. The molecule has 0 bridgehead atoms. The predicted octanol–water partition coefficient (Wildman–Crippen LogP) is 7.76. The fourth-order valence-corrected chi connectivity index (χ4v) is 6.52. The minimum Gasteiger partial charge on any atom is -0.292 e. The number of aromatic nitrogens is 2. The number of hydrogen-bond acceptors (Lipinski definition) is 3. The number of ketones is 1. The summed E-state index contributed by atoms with van der Waals surface area (Å²) < 4.78 is 296. The van der Waals surface area contributed by atoms with E-state index in [2.05, 4.69) is 15.0 Å². The first-order valence-corrected chi connectivity index (χ1v) is 16.7. The van der Waals surface area contributed by atoms with E-state index in [9.17, 15) is 57.5 Å². The van der Waals surface area contributed by atoms with E-state index in [1.54, 1.807) is 18.6 Å². The Kier molecular flexibility index (Phi) is 13.7. The second-order valence-corrected chi connectivity index (χ2v) is 12.7. The van der Waals surface area contributed by atoms with Gasteiger partial charge in [0, 0.05) is 10.5 Å². The summed E-state index contributed by atoms with van der Waals surface area (Å²) in [6.07, 6.45) is -2.21. The molecule has 0 saturated heterocycles. The maximum absolute atomic E-state index is 15.4. The Labute approximate surface area is 341 Å². The molecule has 1 heterocycles. The molecule has 334 valence electrons. The smallest absolute Gasteiger partial charge is 0.200 e. The summed E-state index contributed by atoms with van der Waals surface area (Å²) in [7, 11) is 0. The van der Waals surface area contributed by atoms with Crippen molar-refractivity contribution in [2.45, 2.75) is 6.54 Å². The van der Waals surface area contributed by atoms with Gasteiger partial charge in [-0.25, -0.2) is 92.8 Å². The van der Waals surface area contributed by atoms with Crippen molar-refractivity contribution in [3.63, 3.8) is 0 Å². The van der Waals surface area contributed by atoms with Crippen molar-refractivity contribution in [3.05, 3.63) is 187 Å². The highest BCUT2D eigenvalue weighted by Gasteiger charge is 2.52. The van der Waals surface area contributed by atoms with Gasteiger partial charge in [0.1, 0.15) is 52.7 Å². The summed E-state index contributed by atoms with van der Waals surface area (Å²) in [6.45, 7) is 0.448. The highest BCUT2D eigenvalue weighted by molar-refractivity contribution is 7.20. The van der Waals surface area contributed by atoms with Gasteiger partial charge in [0.25, 0.3) is 0 Å². The summed E-state index contributed by atoms with van der Waals surface area (Å²) in [4.78, 5) is 18.2. The zero-order chi connectivity index (χ0) is 47.9. The number of rotatable bonds is 9. The zero-order valence-electron chi connectivity index (χ0n) is 30.3. The lowest BCUT2D eigenvalue weighted by molar-refractivity contribution is -0.689. The third kappa shape index (κ3) is 7.79. The average Bonchev–Trinajstić information content (AvgIpc) is 3.28. The fraction of sp³-hybridized carbons (Fsp3) is 0.0541. The van der Waals surface area contributed by atoms with Gasteiger partial charge in [0.2, 0.25) is 0 Å². The van der Waals surface area contributed by atoms with Crippen LogP contribution < -0.4 is 26.4 Å². The predicted molar refractivity (Wildman–Crippen MR) is 178 cm³/mol. The van der Waals surface area contributed by atoms with Gasteiger partial charge in [0.15, 0.2) is 100 Å². The third-order valence-corrected chi connectivity index (χ3v) is 9.24. The van der Waals surface area contributed by atoms with Crippen LogP contribution in [0.2, 0.25) is 0 Å². The summed E-state index contributed by atoms with van der Waals surface area (Å²) >= 11 is 0. The lowest BCUT2D eigenvalue weighted by Gasteiger charge is -2.44. The first-order chi connectivity index (χ1) is 30.0. The van der Waals surface area contributed by atoms with E-state index in [1.807, 2.05) is 34.9 Å². The van der Waals surface area contributed by atoms with Crippen LogP contribution in [0.4, 0.5) is 87.8 Å². The van der Waals surface area contributed by atoms with E-state index < -0.39 is 144 Å². The summed E-state index contributed by atoms with van der Waals surface area (Å²) in [5.74, 6) is -71.7. The Hall–Kier alpha value is -7.18. The molecule has 0 N–H and O–H groups in total. The first kappa shape index (κ1) is 47.9. The van der Waals surface area contributed by atoms with Gasteiger partial charge in [-0.3, -0.25) is 4.79 Å². The van der Waals surface area contributed by atoms with Crippen molar-refractivity contribution in [2.75, 3.05) is 6.54 Å². The van der Waals surface area contributed by atoms with E-state index in [0.717, 1.165) is 5.56 Å². The van der Waals surface area contributed by atoms with Gasteiger partial charge in [-0.05, 0) is 5.53 Å². The minimum absolute atomic E-state index is 0.209. The number of azide groups is 1. The number of nitrogens with zero attached hydrogens (tertiary/aromatic N) is 5. The number of carbonyl (C=O) groups is 1. The molecule has 5 aromatic carbocycles. The molecule has 6 aromatic rings.